The van der Waals surface area contributed by atoms with Crippen LogP contribution in [0, 0.1) is 5.92 Å². The minimum absolute atomic E-state index is 0.110. The van der Waals surface area contributed by atoms with Gasteiger partial charge in [-0.05, 0) is 59.7 Å². The van der Waals surface area contributed by atoms with Crippen molar-refractivity contribution in [1.29, 1.82) is 0 Å². The van der Waals surface area contributed by atoms with E-state index < -0.39 is 0 Å². The van der Waals surface area contributed by atoms with E-state index in [1.807, 2.05) is 42.5 Å². The molecule has 1 N–H and O–H groups in total. The molecule has 0 bridgehead atoms. The summed E-state index contributed by atoms with van der Waals surface area (Å²) in [5.41, 5.74) is 5.20. The van der Waals surface area contributed by atoms with Gasteiger partial charge in [0.05, 0.1) is 18.7 Å². The average Bonchev–Trinajstić information content (AvgIpc) is 3.46. The predicted octanol–water partition coefficient (Wildman–Crippen LogP) is 5.70. The van der Waals surface area contributed by atoms with Crippen LogP contribution in [0.4, 0.5) is 0 Å². The number of nitrogens with zero attached hydrogens (tertiary/aromatic N) is 2. The van der Waals surface area contributed by atoms with Crippen molar-refractivity contribution in [3.8, 4) is 23.0 Å². The molecule has 7 nitrogen and oxygen atoms in total. The van der Waals surface area contributed by atoms with Gasteiger partial charge in [-0.15, -0.1) is 0 Å². The standard InChI is InChI=1S/C28H25BrN2O5/c1-33-22-11-19-18(10-21(22)32)25-26(15-5-3-2-4-6-15)30-36-28(25)31(27(19)16-7-8-16)13-17-9-23-24(12-20(17)29)35-14-34-23/h2-6,9-12,16,25,27-28,32H,7-8,13-14H2,1H3/t25-,27+,28+/m0/s1. The molecule has 0 radical (unpaired) electrons. The van der Waals surface area contributed by atoms with Gasteiger partial charge in [-0.1, -0.05) is 51.4 Å². The van der Waals surface area contributed by atoms with Crippen molar-refractivity contribution in [2.24, 2.45) is 11.1 Å². The highest BCUT2D eigenvalue weighted by molar-refractivity contribution is 9.10. The van der Waals surface area contributed by atoms with Crippen LogP contribution < -0.4 is 14.2 Å². The third-order valence-corrected chi connectivity index (χ3v) is 8.33. The molecule has 3 aromatic carbocycles. The lowest BCUT2D eigenvalue weighted by atomic mass is 9.78. The van der Waals surface area contributed by atoms with Gasteiger partial charge in [0.25, 0.3) is 0 Å². The Balaban J connectivity index is 1.37. The van der Waals surface area contributed by atoms with Gasteiger partial charge >= 0.3 is 0 Å². The Morgan fingerprint density at radius 3 is 2.58 bits per heavy atom. The first-order valence-electron chi connectivity index (χ1n) is 12.2. The normalized spacial score (nSPS) is 24.1. The first-order chi connectivity index (χ1) is 17.6. The van der Waals surface area contributed by atoms with Crippen molar-refractivity contribution < 1.29 is 24.2 Å². The molecule has 0 amide bonds. The van der Waals surface area contributed by atoms with Gasteiger partial charge in [0.15, 0.2) is 29.2 Å². The highest BCUT2D eigenvalue weighted by Gasteiger charge is 2.52. The van der Waals surface area contributed by atoms with E-state index in [9.17, 15) is 5.11 Å². The van der Waals surface area contributed by atoms with Crippen LogP contribution in [0.5, 0.6) is 23.0 Å². The van der Waals surface area contributed by atoms with E-state index in [4.69, 9.17) is 19.0 Å². The molecule has 0 unspecified atom stereocenters. The third-order valence-electron chi connectivity index (χ3n) is 7.59. The number of aromatic hydroxyl groups is 1. The lowest BCUT2D eigenvalue weighted by molar-refractivity contribution is -0.0860. The van der Waals surface area contributed by atoms with Crippen molar-refractivity contribution in [3.63, 3.8) is 0 Å². The highest BCUT2D eigenvalue weighted by Crippen LogP contribution is 2.56. The van der Waals surface area contributed by atoms with Crippen molar-refractivity contribution in [1.82, 2.24) is 4.90 Å². The Bertz CT molecular complexity index is 1370. The quantitative estimate of drug-likeness (QED) is 0.440. The number of phenolic OH excluding ortho intramolecular Hbond substituents is 1. The van der Waals surface area contributed by atoms with E-state index >= 15 is 0 Å². The monoisotopic (exact) mass is 548 g/mol. The summed E-state index contributed by atoms with van der Waals surface area (Å²) < 4.78 is 17.7. The van der Waals surface area contributed by atoms with E-state index in [1.165, 1.54) is 5.56 Å². The first-order valence-corrected chi connectivity index (χ1v) is 13.0. The van der Waals surface area contributed by atoms with Crippen LogP contribution in [0.3, 0.4) is 0 Å². The van der Waals surface area contributed by atoms with Crippen LogP contribution >= 0.6 is 15.9 Å². The molecule has 0 spiro atoms. The Hall–Kier alpha value is -3.23. The van der Waals surface area contributed by atoms with E-state index in [0.717, 1.165) is 51.2 Å². The molecule has 7 rings (SSSR count). The summed E-state index contributed by atoms with van der Waals surface area (Å²) >= 11 is 3.75. The summed E-state index contributed by atoms with van der Waals surface area (Å²) in [5, 5.41) is 15.4. The van der Waals surface area contributed by atoms with Gasteiger partial charge in [0, 0.05) is 22.6 Å². The molecule has 36 heavy (non-hydrogen) atoms. The van der Waals surface area contributed by atoms with Gasteiger partial charge in [-0.25, -0.2) is 0 Å². The van der Waals surface area contributed by atoms with Crippen LogP contribution in [-0.4, -0.2) is 35.8 Å². The maximum Gasteiger partial charge on any atom is 0.231 e. The number of halogens is 1. The summed E-state index contributed by atoms with van der Waals surface area (Å²) in [7, 11) is 1.59. The molecule has 8 heteroatoms. The molecule has 1 fully saturated rings. The smallest absolute Gasteiger partial charge is 0.231 e. The number of ether oxygens (including phenoxy) is 3. The van der Waals surface area contributed by atoms with Crippen LogP contribution in [-0.2, 0) is 11.4 Å². The van der Waals surface area contributed by atoms with Crippen molar-refractivity contribution in [2.75, 3.05) is 13.9 Å². The SMILES string of the molecule is COc1cc2c(cc1O)[C@H]1C(c3ccccc3)=NO[C@H]1N(Cc1cc3c(cc1Br)OCO3)[C@@H]2C1CC1. The molecule has 0 aromatic heterocycles. The van der Waals surface area contributed by atoms with Gasteiger partial charge in [0.2, 0.25) is 6.79 Å². The fourth-order valence-electron chi connectivity index (χ4n) is 5.79. The molecule has 184 valence electrons. The summed E-state index contributed by atoms with van der Waals surface area (Å²) in [6, 6.07) is 18.1. The number of benzene rings is 3. The summed E-state index contributed by atoms with van der Waals surface area (Å²) in [5.74, 6) is 2.47. The molecule has 0 saturated heterocycles. The molecule has 3 aromatic rings. The molecular weight excluding hydrogens is 524 g/mol. The number of hydrogen-bond acceptors (Lipinski definition) is 7. The maximum absolute atomic E-state index is 10.8. The first kappa shape index (κ1) is 22.0. The Labute approximate surface area is 217 Å². The maximum atomic E-state index is 10.8. The number of methoxy groups -OCH3 is 1. The largest absolute Gasteiger partial charge is 0.504 e. The molecule has 3 atom stereocenters. The number of oxime groups is 1. The molecule has 3 aliphatic heterocycles. The second kappa shape index (κ2) is 8.42. The molecule has 4 aliphatic rings. The van der Waals surface area contributed by atoms with Crippen LogP contribution in [0.1, 0.15) is 47.1 Å². The molecule has 3 heterocycles. The number of phenols is 1. The van der Waals surface area contributed by atoms with Gasteiger partial charge in [0.1, 0.15) is 0 Å². The average molecular weight is 549 g/mol. The van der Waals surface area contributed by atoms with Gasteiger partial charge in [-0.2, -0.15) is 0 Å². The van der Waals surface area contributed by atoms with E-state index in [0.29, 0.717) is 18.2 Å². The van der Waals surface area contributed by atoms with Crippen molar-refractivity contribution in [2.45, 2.75) is 37.6 Å². The van der Waals surface area contributed by atoms with Gasteiger partial charge in [-0.3, -0.25) is 4.90 Å². The van der Waals surface area contributed by atoms with E-state index in [1.54, 1.807) is 7.11 Å². The van der Waals surface area contributed by atoms with E-state index in [2.05, 4.69) is 38.1 Å². The number of rotatable bonds is 5. The number of hydrogen-bond donors (Lipinski definition) is 1. The Morgan fingerprint density at radius 1 is 1.06 bits per heavy atom. The summed E-state index contributed by atoms with van der Waals surface area (Å²) in [4.78, 5) is 8.65. The minimum Gasteiger partial charge on any atom is -0.504 e. The van der Waals surface area contributed by atoms with Crippen LogP contribution in [0.15, 0.2) is 64.2 Å². The minimum atomic E-state index is -0.302. The van der Waals surface area contributed by atoms with E-state index in [-0.39, 0.29) is 30.7 Å². The topological polar surface area (TPSA) is 72.8 Å². The van der Waals surface area contributed by atoms with Gasteiger partial charge < -0.3 is 24.2 Å². The predicted molar refractivity (Wildman–Crippen MR) is 137 cm³/mol. The Kier molecular flexibility index (Phi) is 5.15. The molecule has 1 saturated carbocycles. The molecule has 1 aliphatic carbocycles. The number of fused-ring (bicyclic) bond motifs is 4. The lowest BCUT2D eigenvalue weighted by Crippen LogP contribution is -2.47. The van der Waals surface area contributed by atoms with Crippen LogP contribution in [0.2, 0.25) is 0 Å². The zero-order valence-electron chi connectivity index (χ0n) is 19.7. The zero-order valence-corrected chi connectivity index (χ0v) is 21.3. The lowest BCUT2D eigenvalue weighted by Gasteiger charge is -2.44. The fraction of sp³-hybridized carbons (Fsp3) is 0.321. The Morgan fingerprint density at radius 2 is 1.83 bits per heavy atom. The second-order valence-corrected chi connectivity index (χ2v) is 10.6. The third kappa shape index (κ3) is 3.46. The summed E-state index contributed by atoms with van der Waals surface area (Å²) in [6.07, 6.45) is 2.00. The fourth-order valence-corrected chi connectivity index (χ4v) is 6.23. The van der Waals surface area contributed by atoms with Crippen molar-refractivity contribution >= 4 is 21.6 Å². The molecular formula is C28H25BrN2O5. The second-order valence-electron chi connectivity index (χ2n) is 9.72. The summed E-state index contributed by atoms with van der Waals surface area (Å²) in [6.45, 7) is 0.873. The zero-order chi connectivity index (χ0) is 24.4. The highest BCUT2D eigenvalue weighted by atomic mass is 79.9. The van der Waals surface area contributed by atoms with Crippen molar-refractivity contribution in [3.05, 3.63) is 81.3 Å². The van der Waals surface area contributed by atoms with Crippen LogP contribution in [0.25, 0.3) is 0 Å².